The Bertz CT molecular complexity index is 1970. The smallest absolute Gasteiger partial charge is 0.325 e. The second kappa shape index (κ2) is 12.8. The van der Waals surface area contributed by atoms with Crippen LogP contribution in [0.4, 0.5) is 43.4 Å². The lowest BCUT2D eigenvalue weighted by molar-refractivity contribution is -0.138. The van der Waals surface area contributed by atoms with E-state index in [-0.39, 0.29) is 10.6 Å². The third-order valence-corrected chi connectivity index (χ3v) is 9.84. The Labute approximate surface area is 264 Å². The van der Waals surface area contributed by atoms with E-state index in [0.29, 0.717) is 22.0 Å². The van der Waals surface area contributed by atoms with Gasteiger partial charge in [-0.25, -0.2) is 16.8 Å². The lowest BCUT2D eigenvalue weighted by Crippen LogP contribution is -2.38. The third-order valence-electron chi connectivity index (χ3n) is 6.33. The van der Waals surface area contributed by atoms with Gasteiger partial charge in [-0.3, -0.25) is 13.8 Å². The highest BCUT2D eigenvalue weighted by Gasteiger charge is 2.35. The summed E-state index contributed by atoms with van der Waals surface area (Å²) >= 11 is 5.57. The van der Waals surface area contributed by atoms with E-state index in [0.717, 1.165) is 54.6 Å². The zero-order valence-corrected chi connectivity index (χ0v) is 25.7. The number of anilines is 3. The van der Waals surface area contributed by atoms with E-state index in [1.165, 1.54) is 24.3 Å². The predicted molar refractivity (Wildman–Crippen MR) is 159 cm³/mol. The van der Waals surface area contributed by atoms with Gasteiger partial charge >= 0.3 is 12.4 Å². The van der Waals surface area contributed by atoms with Crippen molar-refractivity contribution in [1.82, 2.24) is 0 Å². The van der Waals surface area contributed by atoms with Crippen molar-refractivity contribution in [3.63, 3.8) is 0 Å². The average molecular weight is 706 g/mol. The first-order chi connectivity index (χ1) is 21.3. The van der Waals surface area contributed by atoms with Gasteiger partial charge in [0.15, 0.2) is 0 Å². The van der Waals surface area contributed by atoms with Gasteiger partial charge < -0.3 is 5.32 Å². The van der Waals surface area contributed by atoms with Crippen LogP contribution in [0.1, 0.15) is 16.7 Å². The number of nitrogens with one attached hydrogen (secondary N) is 2. The first-order valence-corrected chi connectivity index (χ1v) is 16.1. The van der Waals surface area contributed by atoms with E-state index in [1.807, 2.05) is 4.72 Å². The number of sulfonamides is 2. The molecule has 0 atom stereocenters. The number of rotatable bonds is 9. The molecule has 0 aromatic heterocycles. The molecule has 0 aliphatic heterocycles. The topological polar surface area (TPSA) is 113 Å². The molecule has 0 bridgehead atoms. The van der Waals surface area contributed by atoms with Gasteiger partial charge in [0.25, 0.3) is 20.0 Å². The van der Waals surface area contributed by atoms with Crippen LogP contribution in [0.3, 0.4) is 0 Å². The molecule has 0 unspecified atom stereocenters. The Kier molecular flexibility index (Phi) is 9.66. The molecule has 2 N–H and O–H groups in total. The molecule has 0 spiro atoms. The van der Waals surface area contributed by atoms with Crippen molar-refractivity contribution in [2.24, 2.45) is 0 Å². The van der Waals surface area contributed by atoms with Gasteiger partial charge in [-0.2, -0.15) is 26.3 Å². The summed E-state index contributed by atoms with van der Waals surface area (Å²) in [6.45, 7) is 0.736. The molecule has 4 aromatic rings. The molecule has 8 nitrogen and oxygen atoms in total. The third kappa shape index (κ3) is 8.10. The standard InChI is InChI=1S/C29H22ClF6N3O5S2/c1-18-5-10-24(11-6-18)46(43,44)39(22-4-2-3-19(15-22)28(31,32)33)17-27(40)37-20-7-12-23(13-8-20)45(41,42)38-21-9-14-26(30)25(16-21)29(34,35)36/h2-16,38H,17H2,1H3,(H,37,40). The number of aryl methyl sites for hydroxylation is 1. The van der Waals surface area contributed by atoms with E-state index in [9.17, 15) is 48.0 Å². The van der Waals surface area contributed by atoms with Crippen LogP contribution in [0.5, 0.6) is 0 Å². The van der Waals surface area contributed by atoms with Gasteiger partial charge in [-0.1, -0.05) is 35.4 Å². The molecule has 4 aromatic carbocycles. The lowest BCUT2D eigenvalue weighted by atomic mass is 10.2. The quantitative estimate of drug-likeness (QED) is 0.177. The minimum Gasteiger partial charge on any atom is -0.325 e. The normalized spacial score (nSPS) is 12.4. The van der Waals surface area contributed by atoms with E-state index in [2.05, 4.69) is 5.32 Å². The number of carbonyl (C=O) groups is 1. The van der Waals surface area contributed by atoms with Crippen LogP contribution in [0.15, 0.2) is 101 Å². The van der Waals surface area contributed by atoms with Crippen LogP contribution < -0.4 is 14.3 Å². The van der Waals surface area contributed by atoms with Crippen molar-refractivity contribution in [2.75, 3.05) is 20.9 Å². The fourth-order valence-electron chi connectivity index (χ4n) is 4.06. The minimum absolute atomic E-state index is 0.0217. The second-order valence-corrected chi connectivity index (χ2v) is 13.7. The van der Waals surface area contributed by atoms with E-state index >= 15 is 0 Å². The molecule has 0 heterocycles. The molecule has 4 rings (SSSR count). The summed E-state index contributed by atoms with van der Waals surface area (Å²) in [5.41, 5.74) is -2.56. The summed E-state index contributed by atoms with van der Waals surface area (Å²) in [5.74, 6) is -0.984. The summed E-state index contributed by atoms with van der Waals surface area (Å²) in [6.07, 6.45) is -9.64. The summed E-state index contributed by atoms with van der Waals surface area (Å²) in [4.78, 5) is 12.3. The van der Waals surface area contributed by atoms with Gasteiger partial charge in [0.05, 0.1) is 31.6 Å². The molecular weight excluding hydrogens is 684 g/mol. The molecule has 0 radical (unpaired) electrons. The van der Waals surface area contributed by atoms with Crippen LogP contribution in [-0.2, 0) is 37.2 Å². The molecule has 0 saturated carbocycles. The molecule has 0 saturated heterocycles. The first kappa shape index (κ1) is 34.6. The molecule has 17 heteroatoms. The molecule has 46 heavy (non-hydrogen) atoms. The Morgan fingerprint density at radius 3 is 1.93 bits per heavy atom. The summed E-state index contributed by atoms with van der Waals surface area (Å²) in [7, 11) is -8.96. The highest BCUT2D eigenvalue weighted by Crippen LogP contribution is 2.37. The summed E-state index contributed by atoms with van der Waals surface area (Å²) in [6, 6.07) is 15.6. The summed E-state index contributed by atoms with van der Waals surface area (Å²) in [5, 5.41) is 1.73. The van der Waals surface area contributed by atoms with Crippen LogP contribution in [0, 0.1) is 6.92 Å². The molecular formula is C29H22ClF6N3O5S2. The predicted octanol–water partition coefficient (Wildman–Crippen LogP) is 7.32. The minimum atomic E-state index is -4.84. The van der Waals surface area contributed by atoms with Crippen molar-refractivity contribution in [1.29, 1.82) is 0 Å². The van der Waals surface area contributed by atoms with Crippen molar-refractivity contribution >= 4 is 54.6 Å². The SMILES string of the molecule is Cc1ccc(S(=O)(=O)N(CC(=O)Nc2ccc(S(=O)(=O)Nc3ccc(Cl)c(C(F)(F)F)c3)cc2)c2cccc(C(F)(F)F)c2)cc1. The van der Waals surface area contributed by atoms with Gasteiger partial charge in [-0.15, -0.1) is 0 Å². The number of alkyl halides is 6. The van der Waals surface area contributed by atoms with E-state index < -0.39 is 77.3 Å². The zero-order valence-electron chi connectivity index (χ0n) is 23.3. The fourth-order valence-corrected chi connectivity index (χ4v) is 6.75. The monoisotopic (exact) mass is 705 g/mol. The van der Waals surface area contributed by atoms with Crippen LogP contribution >= 0.6 is 11.6 Å². The maximum Gasteiger partial charge on any atom is 0.417 e. The van der Waals surface area contributed by atoms with Crippen molar-refractivity contribution in [2.45, 2.75) is 29.1 Å². The van der Waals surface area contributed by atoms with Gasteiger partial charge in [0.1, 0.15) is 6.54 Å². The largest absolute Gasteiger partial charge is 0.417 e. The average Bonchev–Trinajstić information content (AvgIpc) is 2.96. The van der Waals surface area contributed by atoms with Crippen LogP contribution in [0.2, 0.25) is 5.02 Å². The number of hydrogen-bond acceptors (Lipinski definition) is 5. The molecule has 0 fully saturated rings. The number of nitrogens with zero attached hydrogens (tertiary/aromatic N) is 1. The van der Waals surface area contributed by atoms with Crippen LogP contribution in [-0.4, -0.2) is 29.3 Å². The number of hydrogen-bond donors (Lipinski definition) is 2. The Morgan fingerprint density at radius 1 is 0.761 bits per heavy atom. The molecule has 0 aliphatic carbocycles. The number of benzene rings is 4. The maximum atomic E-state index is 13.5. The van der Waals surface area contributed by atoms with Gasteiger partial charge in [0.2, 0.25) is 5.91 Å². The molecule has 1 amide bonds. The zero-order chi connectivity index (χ0) is 34.1. The first-order valence-electron chi connectivity index (χ1n) is 12.8. The molecule has 0 aliphatic rings. The summed E-state index contributed by atoms with van der Waals surface area (Å²) < 4.78 is 135. The van der Waals surface area contributed by atoms with Crippen molar-refractivity contribution in [3.8, 4) is 0 Å². The van der Waals surface area contributed by atoms with E-state index in [4.69, 9.17) is 11.6 Å². The van der Waals surface area contributed by atoms with Crippen molar-refractivity contribution in [3.05, 3.63) is 113 Å². The Morgan fingerprint density at radius 2 is 1.35 bits per heavy atom. The highest BCUT2D eigenvalue weighted by atomic mass is 35.5. The maximum absolute atomic E-state index is 13.5. The lowest BCUT2D eigenvalue weighted by Gasteiger charge is -2.25. The van der Waals surface area contributed by atoms with Gasteiger partial charge in [-0.05, 0) is 79.7 Å². The number of carbonyl (C=O) groups excluding carboxylic acids is 1. The number of halogens is 7. The highest BCUT2D eigenvalue weighted by molar-refractivity contribution is 7.93. The van der Waals surface area contributed by atoms with Crippen molar-refractivity contribution < 1.29 is 48.0 Å². The van der Waals surface area contributed by atoms with E-state index in [1.54, 1.807) is 6.92 Å². The van der Waals surface area contributed by atoms with Gasteiger partial charge in [0, 0.05) is 11.4 Å². The van der Waals surface area contributed by atoms with Crippen LogP contribution in [0.25, 0.3) is 0 Å². The fraction of sp³-hybridized carbons (Fsp3) is 0.138. The molecule has 244 valence electrons. The Balaban J connectivity index is 1.57. The number of amides is 1. The second-order valence-electron chi connectivity index (χ2n) is 9.74. The Hall–Kier alpha value is -4.28.